The first-order valence-electron chi connectivity index (χ1n) is 9.14. The molecule has 0 bridgehead atoms. The van der Waals surface area contributed by atoms with Crippen molar-refractivity contribution in [3.63, 3.8) is 0 Å². The minimum Gasteiger partial charge on any atom is -0.435 e. The van der Waals surface area contributed by atoms with Gasteiger partial charge in [0.1, 0.15) is 15.8 Å². The van der Waals surface area contributed by atoms with Crippen LogP contribution in [-0.4, -0.2) is 16.6 Å². The van der Waals surface area contributed by atoms with Gasteiger partial charge in [-0.1, -0.05) is 36.4 Å². The zero-order valence-electron chi connectivity index (χ0n) is 15.5. The summed E-state index contributed by atoms with van der Waals surface area (Å²) in [5.41, 5.74) is 3.63. The number of alkyl halides is 2. The van der Waals surface area contributed by atoms with Crippen LogP contribution in [0.4, 0.5) is 8.78 Å². The summed E-state index contributed by atoms with van der Waals surface area (Å²) in [6.07, 6.45) is 1.99. The maximum Gasteiger partial charge on any atom is 0.387 e. The van der Waals surface area contributed by atoms with Crippen LogP contribution in [0.2, 0.25) is 0 Å². The molecule has 0 saturated carbocycles. The molecule has 0 atom stereocenters. The average molecular weight is 437 g/mol. The molecule has 0 spiro atoms. The third-order valence-corrected chi connectivity index (χ3v) is 6.60. The molecule has 3 aromatic carbocycles. The Morgan fingerprint density at radius 1 is 0.767 bits per heavy atom. The highest BCUT2D eigenvalue weighted by Crippen LogP contribution is 2.36. The third-order valence-electron chi connectivity index (χ3n) is 4.46. The first kappa shape index (κ1) is 18.8. The molecule has 0 unspecified atom stereocenters. The summed E-state index contributed by atoms with van der Waals surface area (Å²) in [7, 11) is 0. The van der Waals surface area contributed by atoms with E-state index in [-0.39, 0.29) is 5.75 Å². The van der Waals surface area contributed by atoms with Gasteiger partial charge in [0, 0.05) is 5.57 Å². The molecule has 30 heavy (non-hydrogen) atoms. The van der Waals surface area contributed by atoms with Gasteiger partial charge >= 0.3 is 6.61 Å². The summed E-state index contributed by atoms with van der Waals surface area (Å²) in [4.78, 5) is 9.61. The van der Waals surface area contributed by atoms with Crippen LogP contribution < -0.4 is 4.74 Å². The molecule has 0 aliphatic carbocycles. The number of benzene rings is 3. The summed E-state index contributed by atoms with van der Waals surface area (Å²) >= 11 is 3.21. The van der Waals surface area contributed by atoms with Crippen molar-refractivity contribution in [1.82, 2.24) is 9.97 Å². The van der Waals surface area contributed by atoms with Crippen molar-refractivity contribution < 1.29 is 13.5 Å². The Labute approximate surface area is 178 Å². The molecule has 0 aliphatic rings. The zero-order valence-corrected chi connectivity index (χ0v) is 17.1. The topological polar surface area (TPSA) is 35.0 Å². The predicted molar refractivity (Wildman–Crippen MR) is 119 cm³/mol. The number of rotatable bonds is 5. The zero-order chi connectivity index (χ0) is 20.5. The van der Waals surface area contributed by atoms with Crippen molar-refractivity contribution in [1.29, 1.82) is 0 Å². The number of hydrogen-bond donors (Lipinski definition) is 0. The molecule has 5 aromatic rings. The largest absolute Gasteiger partial charge is 0.435 e. The number of thiazole rings is 2. The number of aromatic nitrogens is 2. The Balaban J connectivity index is 1.62. The van der Waals surface area contributed by atoms with E-state index in [0.717, 1.165) is 41.6 Å². The van der Waals surface area contributed by atoms with E-state index in [0.29, 0.717) is 0 Å². The van der Waals surface area contributed by atoms with Crippen molar-refractivity contribution in [3.8, 4) is 5.75 Å². The molecule has 2 aromatic heterocycles. The number of halogens is 2. The van der Waals surface area contributed by atoms with Crippen LogP contribution in [0.3, 0.4) is 0 Å². The molecular formula is C23H14F2N2OS2. The van der Waals surface area contributed by atoms with E-state index in [1.807, 2.05) is 54.6 Å². The number of hydrogen-bond acceptors (Lipinski definition) is 5. The minimum atomic E-state index is -2.84. The Morgan fingerprint density at radius 3 is 1.80 bits per heavy atom. The van der Waals surface area contributed by atoms with Crippen LogP contribution in [0.1, 0.15) is 15.6 Å². The number of nitrogens with zero attached hydrogens (tertiary/aromatic N) is 2. The van der Waals surface area contributed by atoms with E-state index in [1.54, 1.807) is 34.8 Å². The molecule has 0 radical (unpaired) electrons. The molecule has 5 rings (SSSR count). The third kappa shape index (κ3) is 3.81. The first-order chi connectivity index (χ1) is 14.7. The number of fused-ring (bicyclic) bond motifs is 2. The second kappa shape index (κ2) is 7.93. The van der Waals surface area contributed by atoms with Crippen molar-refractivity contribution in [3.05, 3.63) is 88.4 Å². The summed E-state index contributed by atoms with van der Waals surface area (Å²) in [5.74, 6) is 0.128. The van der Waals surface area contributed by atoms with Gasteiger partial charge in [0.25, 0.3) is 0 Å². The van der Waals surface area contributed by atoms with Gasteiger partial charge in [0.2, 0.25) is 0 Å². The van der Waals surface area contributed by atoms with Crippen LogP contribution in [0, 0.1) is 0 Å². The summed E-state index contributed by atoms with van der Waals surface area (Å²) in [6, 6.07) is 22.5. The Bertz CT molecular complexity index is 1210. The molecular weight excluding hydrogens is 422 g/mol. The lowest BCUT2D eigenvalue weighted by atomic mass is 10.1. The maximum atomic E-state index is 12.4. The van der Waals surface area contributed by atoms with Gasteiger partial charge in [-0.15, -0.1) is 22.7 Å². The van der Waals surface area contributed by atoms with Gasteiger partial charge in [0.15, 0.2) is 0 Å². The lowest BCUT2D eigenvalue weighted by molar-refractivity contribution is -0.0498. The second-order valence-electron chi connectivity index (χ2n) is 6.48. The molecule has 3 nitrogen and oxygen atoms in total. The molecule has 148 valence electrons. The fourth-order valence-electron chi connectivity index (χ4n) is 3.10. The second-order valence-corrected chi connectivity index (χ2v) is 8.54. The van der Waals surface area contributed by atoms with Crippen molar-refractivity contribution in [2.24, 2.45) is 0 Å². The molecule has 0 aliphatic heterocycles. The number of para-hydroxylation sites is 2. The summed E-state index contributed by atoms with van der Waals surface area (Å²) < 4.78 is 31.5. The van der Waals surface area contributed by atoms with E-state index < -0.39 is 6.61 Å². The number of ether oxygens (including phenoxy) is 1. The monoisotopic (exact) mass is 436 g/mol. The van der Waals surface area contributed by atoms with E-state index >= 15 is 0 Å². The smallest absolute Gasteiger partial charge is 0.387 e. The van der Waals surface area contributed by atoms with Crippen LogP contribution in [0.15, 0.2) is 72.8 Å². The highest BCUT2D eigenvalue weighted by molar-refractivity contribution is 7.22. The van der Waals surface area contributed by atoms with E-state index in [4.69, 9.17) is 9.97 Å². The molecule has 0 N–H and O–H groups in total. The molecule has 7 heteroatoms. The first-order valence-corrected chi connectivity index (χ1v) is 10.8. The predicted octanol–water partition coefficient (Wildman–Crippen LogP) is 7.10. The van der Waals surface area contributed by atoms with Crippen molar-refractivity contribution >= 4 is 54.8 Å². The van der Waals surface area contributed by atoms with Gasteiger partial charge in [-0.3, -0.25) is 0 Å². The fraction of sp³-hybridized carbons (Fsp3) is 0.0435. The standard InChI is InChI=1S/C23H14F2N2OS2/c24-23(25)28-15-11-9-14(10-12-15)13-16(21-26-17-5-1-3-7-19(17)29-21)22-27-18-6-2-4-8-20(18)30-22/h1-13,23H. The normalized spacial score (nSPS) is 11.3. The fourth-order valence-corrected chi connectivity index (χ4v) is 5.13. The summed E-state index contributed by atoms with van der Waals surface area (Å²) in [5, 5.41) is 1.73. The lowest BCUT2D eigenvalue weighted by Gasteiger charge is -2.05. The Morgan fingerprint density at radius 2 is 1.30 bits per heavy atom. The van der Waals surface area contributed by atoms with Crippen molar-refractivity contribution in [2.75, 3.05) is 0 Å². The van der Waals surface area contributed by atoms with Crippen LogP contribution >= 0.6 is 22.7 Å². The molecule has 2 heterocycles. The Kier molecular flexibility index (Phi) is 4.98. The SMILES string of the molecule is FC(F)Oc1ccc(C=C(c2nc3ccccc3s2)c2nc3ccccc3s2)cc1. The summed E-state index contributed by atoms with van der Waals surface area (Å²) in [6.45, 7) is -2.84. The van der Waals surface area contributed by atoms with Crippen molar-refractivity contribution in [2.45, 2.75) is 6.61 Å². The van der Waals surface area contributed by atoms with Gasteiger partial charge in [-0.25, -0.2) is 9.97 Å². The van der Waals surface area contributed by atoms with Gasteiger partial charge in [-0.2, -0.15) is 8.78 Å². The van der Waals surface area contributed by atoms with Crippen LogP contribution in [-0.2, 0) is 0 Å². The van der Waals surface area contributed by atoms with Gasteiger partial charge in [-0.05, 0) is 48.0 Å². The quantitative estimate of drug-likeness (QED) is 0.295. The van der Waals surface area contributed by atoms with Gasteiger partial charge in [0.05, 0.1) is 20.4 Å². The molecule has 0 fully saturated rings. The van der Waals surface area contributed by atoms with E-state index in [1.165, 1.54) is 12.1 Å². The van der Waals surface area contributed by atoms with Gasteiger partial charge < -0.3 is 4.74 Å². The lowest BCUT2D eigenvalue weighted by Crippen LogP contribution is -2.01. The van der Waals surface area contributed by atoms with Crippen LogP contribution in [0.5, 0.6) is 5.75 Å². The highest BCUT2D eigenvalue weighted by atomic mass is 32.1. The minimum absolute atomic E-state index is 0.128. The molecule has 0 amide bonds. The van der Waals surface area contributed by atoms with Crippen LogP contribution in [0.25, 0.3) is 32.1 Å². The molecule has 0 saturated heterocycles. The Hall–Kier alpha value is -3.16. The maximum absolute atomic E-state index is 12.4. The van der Waals surface area contributed by atoms with E-state index in [2.05, 4.69) is 4.74 Å². The van der Waals surface area contributed by atoms with E-state index in [9.17, 15) is 8.78 Å². The average Bonchev–Trinajstić information content (AvgIpc) is 3.36. The highest BCUT2D eigenvalue weighted by Gasteiger charge is 2.16.